The van der Waals surface area contributed by atoms with Crippen molar-refractivity contribution in [1.82, 2.24) is 25.5 Å². The molecule has 1 saturated heterocycles. The average Bonchev–Trinajstić information content (AvgIpc) is 3.46. The van der Waals surface area contributed by atoms with Gasteiger partial charge in [0, 0.05) is 47.3 Å². The van der Waals surface area contributed by atoms with Crippen molar-refractivity contribution in [2.24, 2.45) is 0 Å². The Balaban J connectivity index is 1.22. The van der Waals surface area contributed by atoms with Crippen LogP contribution in [0.1, 0.15) is 28.0 Å². The normalized spacial score (nSPS) is 16.6. The summed E-state index contributed by atoms with van der Waals surface area (Å²) in [6.45, 7) is 0.594. The van der Waals surface area contributed by atoms with Gasteiger partial charge in [0.2, 0.25) is 0 Å². The number of aromatic nitrogens is 4. The molecule has 0 radical (unpaired) electrons. The molecule has 1 atom stereocenters. The van der Waals surface area contributed by atoms with Crippen LogP contribution in [0.3, 0.4) is 0 Å². The predicted molar refractivity (Wildman–Crippen MR) is 133 cm³/mol. The molecular weight excluding hydrogens is 456 g/mol. The maximum atomic E-state index is 12.7. The van der Waals surface area contributed by atoms with Crippen molar-refractivity contribution < 1.29 is 14.3 Å². The Kier molecular flexibility index (Phi) is 5.65. The number of hydrogen-bond acceptors (Lipinski definition) is 6. The molecule has 0 spiro atoms. The quantitative estimate of drug-likeness (QED) is 0.450. The fourth-order valence-electron chi connectivity index (χ4n) is 4.86. The highest BCUT2D eigenvalue weighted by atomic mass is 16.6. The predicted octanol–water partition coefficient (Wildman–Crippen LogP) is 3.78. The van der Waals surface area contributed by atoms with Crippen molar-refractivity contribution in [1.29, 1.82) is 0 Å². The first-order valence-corrected chi connectivity index (χ1v) is 11.9. The number of aryl methyl sites for hydroxylation is 2. The molecule has 1 aromatic carbocycles. The summed E-state index contributed by atoms with van der Waals surface area (Å²) in [5.41, 5.74) is 7.60. The molecule has 2 N–H and O–H groups in total. The van der Waals surface area contributed by atoms with Crippen LogP contribution in [0.2, 0.25) is 0 Å². The van der Waals surface area contributed by atoms with Gasteiger partial charge in [-0.05, 0) is 66.8 Å². The van der Waals surface area contributed by atoms with E-state index in [0.29, 0.717) is 12.1 Å². The molecule has 0 saturated carbocycles. The molecule has 4 aromatic rings. The highest BCUT2D eigenvalue weighted by Crippen LogP contribution is 2.40. The zero-order valence-corrected chi connectivity index (χ0v) is 19.5. The van der Waals surface area contributed by atoms with E-state index < -0.39 is 12.2 Å². The smallest absolute Gasteiger partial charge is 0.414 e. The number of nitrogens with zero attached hydrogens (tertiary/aromatic N) is 4. The number of H-pyrrole nitrogens is 1. The first-order valence-electron chi connectivity index (χ1n) is 11.9. The van der Waals surface area contributed by atoms with Crippen molar-refractivity contribution in [2.75, 3.05) is 18.0 Å². The van der Waals surface area contributed by atoms with E-state index in [0.717, 1.165) is 53.0 Å². The van der Waals surface area contributed by atoms with Crippen molar-refractivity contribution >= 4 is 17.7 Å². The molecule has 3 aromatic heterocycles. The summed E-state index contributed by atoms with van der Waals surface area (Å²) in [5, 5.41) is 10.6. The minimum absolute atomic E-state index is 0.230. The van der Waals surface area contributed by atoms with Crippen molar-refractivity contribution in [3.05, 3.63) is 84.1 Å². The van der Waals surface area contributed by atoms with Gasteiger partial charge < -0.3 is 10.1 Å². The summed E-state index contributed by atoms with van der Waals surface area (Å²) in [4.78, 5) is 34.9. The Morgan fingerprint density at radius 2 is 1.97 bits per heavy atom. The standard InChI is InChI=1S/C27H24N6O3/c34-26(19-6-3-11-29-14-19)30-15-21-16-33(27(35)36-21)20-8-9-22-17(12-20)4-1-7-23-24(22)25(32-31-23)18-5-2-10-28-13-18/h2-3,5-6,8-14,21H,1,4,7,15-16H2,(H,30,34)(H,31,32)/t21-/m0/s1. The topological polar surface area (TPSA) is 113 Å². The van der Waals surface area contributed by atoms with E-state index in [-0.39, 0.29) is 12.5 Å². The molecule has 0 bridgehead atoms. The van der Waals surface area contributed by atoms with E-state index in [1.54, 1.807) is 29.4 Å². The summed E-state index contributed by atoms with van der Waals surface area (Å²) in [5.74, 6) is -0.247. The van der Waals surface area contributed by atoms with Gasteiger partial charge in [0.25, 0.3) is 5.91 Å². The minimum Gasteiger partial charge on any atom is -0.442 e. The molecular formula is C27H24N6O3. The van der Waals surface area contributed by atoms with Crippen LogP contribution < -0.4 is 10.2 Å². The summed E-state index contributed by atoms with van der Waals surface area (Å²) in [6.07, 6.45) is 8.61. The lowest BCUT2D eigenvalue weighted by Crippen LogP contribution is -2.34. The van der Waals surface area contributed by atoms with Gasteiger partial charge >= 0.3 is 6.09 Å². The van der Waals surface area contributed by atoms with Gasteiger partial charge in [0.1, 0.15) is 11.8 Å². The van der Waals surface area contributed by atoms with E-state index in [9.17, 15) is 9.59 Å². The van der Waals surface area contributed by atoms with E-state index in [1.807, 2.05) is 24.4 Å². The number of amides is 2. The third kappa shape index (κ3) is 4.08. The number of fused-ring (bicyclic) bond motifs is 3. The summed E-state index contributed by atoms with van der Waals surface area (Å²) >= 11 is 0. The Morgan fingerprint density at radius 3 is 2.78 bits per heavy atom. The highest BCUT2D eigenvalue weighted by Gasteiger charge is 2.33. The van der Waals surface area contributed by atoms with Crippen LogP contribution in [-0.2, 0) is 17.6 Å². The largest absolute Gasteiger partial charge is 0.442 e. The Hall–Kier alpha value is -4.53. The van der Waals surface area contributed by atoms with Crippen LogP contribution in [0.15, 0.2) is 67.3 Å². The lowest BCUT2D eigenvalue weighted by Gasteiger charge is -2.17. The summed E-state index contributed by atoms with van der Waals surface area (Å²) in [6, 6.07) is 13.4. The van der Waals surface area contributed by atoms with Gasteiger partial charge in [0.15, 0.2) is 0 Å². The number of hydrogen-bond donors (Lipinski definition) is 2. The van der Waals surface area contributed by atoms with Crippen LogP contribution in [0.25, 0.3) is 22.4 Å². The maximum absolute atomic E-state index is 12.7. The van der Waals surface area contributed by atoms with E-state index in [1.165, 1.54) is 11.8 Å². The molecule has 1 aliphatic heterocycles. The van der Waals surface area contributed by atoms with Crippen LogP contribution >= 0.6 is 0 Å². The first-order chi connectivity index (χ1) is 17.7. The molecule has 9 heteroatoms. The number of carbonyl (C=O) groups excluding carboxylic acids is 2. The van der Waals surface area contributed by atoms with E-state index in [4.69, 9.17) is 4.74 Å². The molecule has 6 rings (SSSR count). The number of carbonyl (C=O) groups is 2. The molecule has 36 heavy (non-hydrogen) atoms. The molecule has 1 fully saturated rings. The zero-order chi connectivity index (χ0) is 24.5. The van der Waals surface area contributed by atoms with Crippen molar-refractivity contribution in [3.8, 4) is 22.4 Å². The van der Waals surface area contributed by atoms with Gasteiger partial charge in [-0.25, -0.2) is 4.79 Å². The molecule has 1 aliphatic carbocycles. The monoisotopic (exact) mass is 480 g/mol. The number of anilines is 1. The Labute approximate surface area is 207 Å². The molecule has 4 heterocycles. The van der Waals surface area contributed by atoms with Gasteiger partial charge in [-0.2, -0.15) is 5.10 Å². The van der Waals surface area contributed by atoms with Gasteiger partial charge in [-0.1, -0.05) is 6.07 Å². The maximum Gasteiger partial charge on any atom is 0.414 e. The number of cyclic esters (lactones) is 1. The molecule has 2 aliphatic rings. The van der Waals surface area contributed by atoms with Crippen LogP contribution in [0.5, 0.6) is 0 Å². The molecule has 9 nitrogen and oxygen atoms in total. The van der Waals surface area contributed by atoms with Crippen molar-refractivity contribution in [3.63, 3.8) is 0 Å². The second kappa shape index (κ2) is 9.26. The Morgan fingerprint density at radius 1 is 1.11 bits per heavy atom. The third-order valence-electron chi connectivity index (χ3n) is 6.61. The Bertz CT molecular complexity index is 1420. The van der Waals surface area contributed by atoms with Gasteiger partial charge in [-0.15, -0.1) is 0 Å². The number of ether oxygens (including phenoxy) is 1. The lowest BCUT2D eigenvalue weighted by atomic mass is 9.95. The number of pyridine rings is 2. The number of rotatable bonds is 5. The van der Waals surface area contributed by atoms with Crippen LogP contribution in [-0.4, -0.2) is 51.4 Å². The summed E-state index contributed by atoms with van der Waals surface area (Å²) < 4.78 is 5.54. The fourth-order valence-corrected chi connectivity index (χ4v) is 4.86. The van der Waals surface area contributed by atoms with Crippen LogP contribution in [0, 0.1) is 0 Å². The number of benzene rings is 1. The van der Waals surface area contributed by atoms with E-state index >= 15 is 0 Å². The SMILES string of the molecule is O=C(NC[C@H]1CN(c2ccc3c(c2)CCCc2[nH]nc(-c4cccnc4)c2-3)C(=O)O1)c1cccnc1. The molecule has 180 valence electrons. The third-order valence-corrected chi connectivity index (χ3v) is 6.61. The average molecular weight is 481 g/mol. The van der Waals surface area contributed by atoms with E-state index in [2.05, 4.69) is 37.6 Å². The zero-order valence-electron chi connectivity index (χ0n) is 19.5. The number of aromatic amines is 1. The second-order valence-corrected chi connectivity index (χ2v) is 8.93. The second-order valence-electron chi connectivity index (χ2n) is 8.93. The van der Waals surface area contributed by atoms with Crippen molar-refractivity contribution in [2.45, 2.75) is 25.4 Å². The molecule has 2 amide bonds. The first kappa shape index (κ1) is 22.0. The fraction of sp³-hybridized carbons (Fsp3) is 0.222. The minimum atomic E-state index is -0.436. The van der Waals surface area contributed by atoms with Gasteiger partial charge in [-0.3, -0.25) is 24.8 Å². The summed E-state index contributed by atoms with van der Waals surface area (Å²) in [7, 11) is 0. The highest BCUT2D eigenvalue weighted by molar-refractivity contribution is 5.94. The van der Waals surface area contributed by atoms with Gasteiger partial charge in [0.05, 0.1) is 18.7 Å². The number of nitrogens with one attached hydrogen (secondary N) is 2. The molecule has 0 unspecified atom stereocenters. The van der Waals surface area contributed by atoms with Crippen LogP contribution in [0.4, 0.5) is 10.5 Å². The lowest BCUT2D eigenvalue weighted by molar-refractivity contribution is 0.0915.